The number of anilines is 2. The minimum absolute atomic E-state index is 0.206. The fourth-order valence-corrected chi connectivity index (χ4v) is 3.14. The third-order valence-electron chi connectivity index (χ3n) is 3.42. The highest BCUT2D eigenvalue weighted by atomic mass is 32.1. The van der Waals surface area contributed by atoms with E-state index in [-0.39, 0.29) is 5.95 Å². The van der Waals surface area contributed by atoms with Crippen molar-refractivity contribution in [3.63, 3.8) is 0 Å². The first-order chi connectivity index (χ1) is 11.2. The van der Waals surface area contributed by atoms with Gasteiger partial charge in [0.1, 0.15) is 5.69 Å². The number of rotatable bonds is 3. The molecule has 0 aliphatic carbocycles. The Kier molecular flexibility index (Phi) is 3.16. The van der Waals surface area contributed by atoms with Crippen molar-refractivity contribution in [1.82, 2.24) is 25.0 Å². The highest BCUT2D eigenvalue weighted by Crippen LogP contribution is 2.28. The lowest BCUT2D eigenvalue weighted by molar-refractivity contribution is 0.664. The predicted octanol–water partition coefficient (Wildman–Crippen LogP) is 2.16. The zero-order valence-corrected chi connectivity index (χ0v) is 12.9. The molecule has 4 N–H and O–H groups in total. The Bertz CT molecular complexity index is 975. The van der Waals surface area contributed by atoms with E-state index in [9.17, 15) is 0 Å². The van der Waals surface area contributed by atoms with Crippen LogP contribution in [0.15, 0.2) is 41.8 Å². The monoisotopic (exact) mass is 323 g/mol. The van der Waals surface area contributed by atoms with Crippen LogP contribution in [-0.2, 0) is 6.54 Å². The van der Waals surface area contributed by atoms with Crippen LogP contribution in [0.4, 0.5) is 11.6 Å². The minimum atomic E-state index is 0.206. The van der Waals surface area contributed by atoms with E-state index < -0.39 is 0 Å². The molecule has 23 heavy (non-hydrogen) atoms. The fourth-order valence-electron chi connectivity index (χ4n) is 2.43. The number of benzene rings is 1. The molecule has 3 heterocycles. The summed E-state index contributed by atoms with van der Waals surface area (Å²) in [4.78, 5) is 9.61. The van der Waals surface area contributed by atoms with Gasteiger partial charge in [0.2, 0.25) is 5.95 Å². The Morgan fingerprint density at radius 3 is 2.78 bits per heavy atom. The zero-order chi connectivity index (χ0) is 15.8. The lowest BCUT2D eigenvalue weighted by Crippen LogP contribution is -2.05. The first-order valence-electron chi connectivity index (χ1n) is 6.96. The summed E-state index contributed by atoms with van der Waals surface area (Å²) < 4.78 is 1.71. The summed E-state index contributed by atoms with van der Waals surface area (Å²) in [5, 5.41) is 10.4. The molecule has 0 spiro atoms. The lowest BCUT2D eigenvalue weighted by Gasteiger charge is -2.04. The second-order valence-electron chi connectivity index (χ2n) is 5.07. The molecule has 7 nitrogen and oxygen atoms in total. The van der Waals surface area contributed by atoms with Crippen LogP contribution in [0.2, 0.25) is 0 Å². The quantitative estimate of drug-likeness (QED) is 0.559. The van der Waals surface area contributed by atoms with Crippen LogP contribution in [0.5, 0.6) is 0 Å². The maximum atomic E-state index is 5.87. The molecule has 0 fully saturated rings. The molecule has 0 radical (unpaired) electrons. The molecule has 0 atom stereocenters. The molecule has 0 aliphatic heterocycles. The van der Waals surface area contributed by atoms with Gasteiger partial charge < -0.3 is 11.5 Å². The number of aromatic nitrogens is 5. The van der Waals surface area contributed by atoms with E-state index >= 15 is 0 Å². The van der Waals surface area contributed by atoms with Gasteiger partial charge in [-0.25, -0.2) is 9.67 Å². The maximum absolute atomic E-state index is 5.87. The third-order valence-corrected chi connectivity index (χ3v) is 4.29. The highest BCUT2D eigenvalue weighted by Gasteiger charge is 2.16. The molecule has 4 rings (SSSR count). The number of hydrogen-bond acceptors (Lipinski definition) is 7. The van der Waals surface area contributed by atoms with Crippen molar-refractivity contribution in [2.24, 2.45) is 0 Å². The normalized spacial score (nSPS) is 11.1. The number of thiophene rings is 1. The van der Waals surface area contributed by atoms with Crippen molar-refractivity contribution in [3.8, 4) is 10.6 Å². The van der Waals surface area contributed by atoms with Crippen molar-refractivity contribution in [2.75, 3.05) is 11.5 Å². The second kappa shape index (κ2) is 5.33. The van der Waals surface area contributed by atoms with Crippen molar-refractivity contribution in [2.45, 2.75) is 6.54 Å². The van der Waals surface area contributed by atoms with Gasteiger partial charge in [-0.05, 0) is 29.1 Å². The average Bonchev–Trinajstić information content (AvgIpc) is 3.17. The van der Waals surface area contributed by atoms with Crippen LogP contribution in [-0.4, -0.2) is 25.0 Å². The number of hydrogen-bond donors (Lipinski definition) is 2. The van der Waals surface area contributed by atoms with Crippen molar-refractivity contribution in [1.29, 1.82) is 0 Å². The van der Waals surface area contributed by atoms with Gasteiger partial charge in [0.15, 0.2) is 11.2 Å². The highest BCUT2D eigenvalue weighted by molar-refractivity contribution is 7.13. The first kappa shape index (κ1) is 13.6. The Hall–Kier alpha value is -3.00. The molecule has 0 aliphatic rings. The topological polar surface area (TPSA) is 109 Å². The Morgan fingerprint density at radius 2 is 2.00 bits per heavy atom. The molecule has 0 unspecified atom stereocenters. The number of nitrogens with zero attached hydrogens (tertiary/aromatic N) is 5. The van der Waals surface area contributed by atoms with E-state index in [1.165, 1.54) is 0 Å². The fraction of sp³-hybridized carbons (Fsp3) is 0.0667. The molecule has 4 aromatic rings. The van der Waals surface area contributed by atoms with Gasteiger partial charge >= 0.3 is 0 Å². The van der Waals surface area contributed by atoms with Crippen molar-refractivity contribution in [3.05, 3.63) is 47.3 Å². The van der Waals surface area contributed by atoms with Gasteiger partial charge in [-0.15, -0.1) is 16.4 Å². The number of fused-ring (bicyclic) bond motifs is 1. The largest absolute Gasteiger partial charge is 0.399 e. The van der Waals surface area contributed by atoms with Crippen molar-refractivity contribution >= 4 is 34.1 Å². The first-order valence-corrected chi connectivity index (χ1v) is 7.83. The molecule has 3 aromatic heterocycles. The molecular weight excluding hydrogens is 310 g/mol. The minimum Gasteiger partial charge on any atom is -0.399 e. The summed E-state index contributed by atoms with van der Waals surface area (Å²) in [6.45, 7) is 0.516. The SMILES string of the molecule is Nc1cccc(Cn2nnc3c(-c4cccs4)nc(N)nc32)c1. The maximum Gasteiger partial charge on any atom is 0.222 e. The van der Waals surface area contributed by atoms with Crippen LogP contribution >= 0.6 is 11.3 Å². The molecule has 114 valence electrons. The van der Waals surface area contributed by atoms with Gasteiger partial charge in [0, 0.05) is 5.69 Å². The summed E-state index contributed by atoms with van der Waals surface area (Å²) in [6.07, 6.45) is 0. The van der Waals surface area contributed by atoms with Gasteiger partial charge in [0.25, 0.3) is 0 Å². The zero-order valence-electron chi connectivity index (χ0n) is 12.0. The summed E-state index contributed by atoms with van der Waals surface area (Å²) in [5.41, 5.74) is 15.4. The summed E-state index contributed by atoms with van der Waals surface area (Å²) in [6, 6.07) is 11.6. The van der Waals surface area contributed by atoms with E-state index in [0.29, 0.717) is 29.1 Å². The third kappa shape index (κ3) is 2.49. The predicted molar refractivity (Wildman–Crippen MR) is 90.8 cm³/mol. The molecule has 0 saturated heterocycles. The van der Waals surface area contributed by atoms with Crippen LogP contribution in [0.1, 0.15) is 5.56 Å². The van der Waals surface area contributed by atoms with Gasteiger partial charge in [0.05, 0.1) is 11.4 Å². The Morgan fingerprint density at radius 1 is 1.09 bits per heavy atom. The van der Waals surface area contributed by atoms with E-state index in [0.717, 1.165) is 10.4 Å². The van der Waals surface area contributed by atoms with E-state index in [4.69, 9.17) is 11.5 Å². The standard InChI is InChI=1S/C15H13N7S/c16-10-4-1-3-9(7-10)8-22-14-13(20-21-22)12(18-15(17)19-14)11-5-2-6-23-11/h1-7H,8,16H2,(H2,17,18,19). The second-order valence-corrected chi connectivity index (χ2v) is 6.02. The van der Waals surface area contributed by atoms with E-state index in [1.807, 2.05) is 41.8 Å². The Labute approximate surface area is 135 Å². The summed E-state index contributed by atoms with van der Waals surface area (Å²) >= 11 is 1.58. The van der Waals surface area contributed by atoms with Crippen molar-refractivity contribution < 1.29 is 0 Å². The summed E-state index contributed by atoms with van der Waals surface area (Å²) in [5.74, 6) is 0.206. The molecule has 0 amide bonds. The van der Waals surface area contributed by atoms with Gasteiger partial charge in [-0.2, -0.15) is 4.98 Å². The molecular formula is C15H13N7S. The van der Waals surface area contributed by atoms with E-state index in [2.05, 4.69) is 20.3 Å². The smallest absolute Gasteiger partial charge is 0.222 e. The van der Waals surface area contributed by atoms with E-state index in [1.54, 1.807) is 16.0 Å². The van der Waals surface area contributed by atoms with Crippen LogP contribution in [0, 0.1) is 0 Å². The molecule has 0 bridgehead atoms. The molecule has 8 heteroatoms. The van der Waals surface area contributed by atoms with Crippen LogP contribution in [0.25, 0.3) is 21.7 Å². The summed E-state index contributed by atoms with van der Waals surface area (Å²) in [7, 11) is 0. The van der Waals surface area contributed by atoms with Crippen LogP contribution in [0.3, 0.4) is 0 Å². The number of nitrogen functional groups attached to an aromatic ring is 2. The van der Waals surface area contributed by atoms with Crippen LogP contribution < -0.4 is 11.5 Å². The molecule has 0 saturated carbocycles. The number of nitrogens with two attached hydrogens (primary N) is 2. The van der Waals surface area contributed by atoms with Gasteiger partial charge in [-0.3, -0.25) is 0 Å². The average molecular weight is 323 g/mol. The lowest BCUT2D eigenvalue weighted by atomic mass is 10.2. The molecule has 1 aromatic carbocycles. The van der Waals surface area contributed by atoms with Gasteiger partial charge in [-0.1, -0.05) is 23.4 Å². The Balaban J connectivity index is 1.83.